The Balaban J connectivity index is 1.79. The highest BCUT2D eigenvalue weighted by molar-refractivity contribution is 7.18. The lowest BCUT2D eigenvalue weighted by atomic mass is 10.1. The number of nitrogens with one attached hydrogen (secondary N) is 1. The van der Waals surface area contributed by atoms with Crippen molar-refractivity contribution < 1.29 is 19.0 Å². The lowest BCUT2D eigenvalue weighted by Gasteiger charge is -2.03. The van der Waals surface area contributed by atoms with Crippen molar-refractivity contribution in [3.63, 3.8) is 0 Å². The minimum Gasteiger partial charge on any atom is -0.468 e. The molecule has 6 nitrogen and oxygen atoms in total. The summed E-state index contributed by atoms with van der Waals surface area (Å²) < 4.78 is 17.9. The summed E-state index contributed by atoms with van der Waals surface area (Å²) in [6, 6.07) is 12.1. The topological polar surface area (TPSA) is 97.5 Å². The summed E-state index contributed by atoms with van der Waals surface area (Å²) in [5.74, 6) is -0.0308. The number of carbonyl (C=O) groups is 1. The van der Waals surface area contributed by atoms with E-state index in [0.29, 0.717) is 27.0 Å². The number of benzene rings is 2. The first-order chi connectivity index (χ1) is 12.1. The summed E-state index contributed by atoms with van der Waals surface area (Å²) in [6.07, 6.45) is 0. The first-order valence-electron chi connectivity index (χ1n) is 7.24. The first kappa shape index (κ1) is 16.9. The number of hydrogen-bond donors (Lipinski definition) is 3. The highest BCUT2D eigenvalue weighted by Gasteiger charge is 2.18. The van der Waals surface area contributed by atoms with Crippen LogP contribution in [0.3, 0.4) is 0 Å². The van der Waals surface area contributed by atoms with E-state index in [1.807, 2.05) is 0 Å². The second-order valence-corrected chi connectivity index (χ2v) is 5.99. The number of nitrogens with zero attached hydrogens (tertiary/aromatic N) is 1. The number of aliphatic hydroxyl groups excluding tert-OH is 1. The quantitative estimate of drug-likeness (QED) is 0.462. The van der Waals surface area contributed by atoms with Gasteiger partial charge < -0.3 is 20.9 Å². The largest absolute Gasteiger partial charge is 0.468 e. The molecule has 0 spiro atoms. The van der Waals surface area contributed by atoms with Crippen molar-refractivity contribution in [2.45, 2.75) is 0 Å². The summed E-state index contributed by atoms with van der Waals surface area (Å²) >= 11 is 1.11. The predicted molar refractivity (Wildman–Crippen MR) is 93.8 cm³/mol. The van der Waals surface area contributed by atoms with Gasteiger partial charge in [-0.15, -0.1) is 0 Å². The summed E-state index contributed by atoms with van der Waals surface area (Å²) in [4.78, 5) is 17.0. The van der Waals surface area contributed by atoms with E-state index in [-0.39, 0.29) is 17.4 Å². The van der Waals surface area contributed by atoms with Gasteiger partial charge in [-0.05, 0) is 48.5 Å². The number of carbonyl (C=O) groups excluding carboxylic acids is 1. The molecular weight excluding hydrogens is 345 g/mol. The van der Waals surface area contributed by atoms with Crippen molar-refractivity contribution in [2.75, 3.05) is 17.8 Å². The summed E-state index contributed by atoms with van der Waals surface area (Å²) in [7, 11) is 0. The number of nitrogen functional groups attached to an aromatic ring is 1. The van der Waals surface area contributed by atoms with Crippen LogP contribution in [0, 0.1) is 5.82 Å². The number of anilines is 3. The van der Waals surface area contributed by atoms with Gasteiger partial charge in [0.15, 0.2) is 11.9 Å². The molecule has 2 aromatic carbocycles. The molecule has 25 heavy (non-hydrogen) atoms. The molecule has 0 aliphatic rings. The number of rotatable bonds is 6. The van der Waals surface area contributed by atoms with Gasteiger partial charge in [0.05, 0.1) is 0 Å². The van der Waals surface area contributed by atoms with Crippen LogP contribution in [0.5, 0.6) is 5.75 Å². The molecule has 0 radical (unpaired) electrons. The van der Waals surface area contributed by atoms with Crippen LogP contribution in [0.2, 0.25) is 0 Å². The number of aliphatic hydroxyl groups is 1. The minimum absolute atomic E-state index is 0.121. The van der Waals surface area contributed by atoms with Crippen molar-refractivity contribution >= 4 is 33.8 Å². The molecule has 0 saturated heterocycles. The molecule has 1 aromatic heterocycles. The molecule has 128 valence electrons. The zero-order chi connectivity index (χ0) is 17.8. The van der Waals surface area contributed by atoms with E-state index in [0.717, 1.165) is 11.3 Å². The number of aromatic nitrogens is 1. The Morgan fingerprint density at radius 2 is 1.88 bits per heavy atom. The van der Waals surface area contributed by atoms with Gasteiger partial charge in [-0.3, -0.25) is 4.79 Å². The van der Waals surface area contributed by atoms with Gasteiger partial charge in [0.2, 0.25) is 5.78 Å². The Labute approximate surface area is 146 Å². The van der Waals surface area contributed by atoms with Gasteiger partial charge in [-0.25, -0.2) is 9.37 Å². The second kappa shape index (κ2) is 7.29. The van der Waals surface area contributed by atoms with E-state index in [1.165, 1.54) is 12.1 Å². The van der Waals surface area contributed by atoms with Crippen molar-refractivity contribution in [1.82, 2.24) is 4.98 Å². The van der Waals surface area contributed by atoms with Crippen LogP contribution in [0.1, 0.15) is 15.2 Å². The summed E-state index contributed by atoms with van der Waals surface area (Å²) in [5, 5.41) is 12.1. The molecule has 0 aliphatic heterocycles. The van der Waals surface area contributed by atoms with E-state index in [4.69, 9.17) is 15.6 Å². The predicted octanol–water partition coefficient (Wildman–Crippen LogP) is 3.17. The number of ketones is 1. The maximum absolute atomic E-state index is 12.9. The zero-order valence-electron chi connectivity index (χ0n) is 12.9. The minimum atomic E-state index is -0.437. The molecule has 4 N–H and O–H groups in total. The molecule has 0 bridgehead atoms. The SMILES string of the molecule is Nc1nc(Nc2ccc(F)cc2)sc1C(=O)c1ccc(OCO)cc1. The van der Waals surface area contributed by atoms with Crippen molar-refractivity contribution in [1.29, 1.82) is 0 Å². The fraction of sp³-hybridized carbons (Fsp3) is 0.0588. The normalized spacial score (nSPS) is 10.5. The maximum Gasteiger partial charge on any atom is 0.206 e. The summed E-state index contributed by atoms with van der Waals surface area (Å²) in [6.45, 7) is -0.437. The van der Waals surface area contributed by atoms with Gasteiger partial charge >= 0.3 is 0 Å². The Morgan fingerprint density at radius 3 is 2.52 bits per heavy atom. The Hall–Kier alpha value is -2.97. The molecule has 3 aromatic rings. The molecule has 0 amide bonds. The lowest BCUT2D eigenvalue weighted by molar-refractivity contribution is 0.0985. The molecule has 8 heteroatoms. The molecular formula is C17H14FN3O3S. The fourth-order valence-corrected chi connectivity index (χ4v) is 2.98. The van der Waals surface area contributed by atoms with Crippen LogP contribution >= 0.6 is 11.3 Å². The number of hydrogen-bond acceptors (Lipinski definition) is 7. The lowest BCUT2D eigenvalue weighted by Crippen LogP contribution is -2.03. The van der Waals surface area contributed by atoms with Crippen molar-refractivity contribution in [3.8, 4) is 5.75 Å². The second-order valence-electron chi connectivity index (χ2n) is 4.99. The number of halogens is 1. The van der Waals surface area contributed by atoms with Gasteiger partial charge in [0.25, 0.3) is 0 Å². The Morgan fingerprint density at radius 1 is 1.20 bits per heavy atom. The Bertz CT molecular complexity index is 879. The third-order valence-corrected chi connectivity index (χ3v) is 4.29. The average Bonchev–Trinajstić information content (AvgIpc) is 2.97. The molecule has 3 rings (SSSR count). The van der Waals surface area contributed by atoms with E-state index in [2.05, 4.69) is 10.3 Å². The van der Waals surface area contributed by atoms with E-state index in [9.17, 15) is 9.18 Å². The standard InChI is InChI=1S/C17H14FN3O3S/c18-11-3-5-12(6-4-11)20-17-21-16(19)15(25-17)14(23)10-1-7-13(8-2-10)24-9-22/h1-8,22H,9,19H2,(H,20,21). The van der Waals surface area contributed by atoms with Crippen molar-refractivity contribution in [3.05, 3.63) is 64.8 Å². The third-order valence-electron chi connectivity index (χ3n) is 3.30. The fourth-order valence-electron chi connectivity index (χ4n) is 2.11. The monoisotopic (exact) mass is 359 g/mol. The zero-order valence-corrected chi connectivity index (χ0v) is 13.7. The molecule has 0 aliphatic carbocycles. The van der Waals surface area contributed by atoms with Gasteiger partial charge in [0, 0.05) is 11.3 Å². The van der Waals surface area contributed by atoms with E-state index < -0.39 is 6.79 Å². The highest BCUT2D eigenvalue weighted by atomic mass is 32.1. The number of ether oxygens (including phenoxy) is 1. The number of nitrogens with two attached hydrogens (primary N) is 1. The number of thiazole rings is 1. The van der Waals surface area contributed by atoms with Crippen LogP contribution in [0.25, 0.3) is 0 Å². The van der Waals surface area contributed by atoms with Crippen LogP contribution in [0.4, 0.5) is 21.0 Å². The summed E-state index contributed by atoms with van der Waals surface area (Å²) in [5.41, 5.74) is 6.92. The average molecular weight is 359 g/mol. The molecule has 1 heterocycles. The molecule has 0 saturated carbocycles. The maximum atomic E-state index is 12.9. The molecule has 0 fully saturated rings. The van der Waals surface area contributed by atoms with Crippen LogP contribution in [-0.2, 0) is 0 Å². The van der Waals surface area contributed by atoms with Crippen LogP contribution in [0.15, 0.2) is 48.5 Å². The van der Waals surface area contributed by atoms with E-state index >= 15 is 0 Å². The van der Waals surface area contributed by atoms with Gasteiger partial charge in [-0.1, -0.05) is 11.3 Å². The van der Waals surface area contributed by atoms with Gasteiger partial charge in [0.1, 0.15) is 22.3 Å². The highest BCUT2D eigenvalue weighted by Crippen LogP contribution is 2.30. The van der Waals surface area contributed by atoms with Gasteiger partial charge in [-0.2, -0.15) is 0 Å². The third kappa shape index (κ3) is 3.93. The smallest absolute Gasteiger partial charge is 0.206 e. The molecule has 0 atom stereocenters. The molecule has 0 unspecified atom stereocenters. The van der Waals surface area contributed by atoms with Crippen LogP contribution < -0.4 is 15.8 Å². The Kier molecular flexibility index (Phi) is 4.92. The van der Waals surface area contributed by atoms with Crippen molar-refractivity contribution in [2.24, 2.45) is 0 Å². The first-order valence-corrected chi connectivity index (χ1v) is 8.06. The van der Waals surface area contributed by atoms with Crippen LogP contribution in [-0.4, -0.2) is 22.7 Å². The van der Waals surface area contributed by atoms with E-state index in [1.54, 1.807) is 36.4 Å².